The number of carbonyl (C=O) groups is 2. The highest BCUT2D eigenvalue weighted by atomic mass is 32.1. The Balaban J connectivity index is 1.48. The summed E-state index contributed by atoms with van der Waals surface area (Å²) in [5, 5.41) is 7.12. The Labute approximate surface area is 248 Å². The Morgan fingerprint density at radius 3 is 2.49 bits per heavy atom. The molecule has 5 aromatic rings. The number of amides is 2. The first-order chi connectivity index (χ1) is 20.5. The number of thiophene rings is 1. The van der Waals surface area contributed by atoms with Crippen molar-refractivity contribution >= 4 is 39.1 Å². The number of alkyl halides is 3. The first kappa shape index (κ1) is 29.8. The summed E-state index contributed by atoms with van der Waals surface area (Å²) in [6, 6.07) is 11.6. The molecule has 0 saturated heterocycles. The Bertz CT molecular complexity index is 1800. The van der Waals surface area contributed by atoms with E-state index in [1.54, 1.807) is 23.9 Å². The monoisotopic (exact) mass is 611 g/mol. The summed E-state index contributed by atoms with van der Waals surface area (Å²) >= 11 is 0.663. The van der Waals surface area contributed by atoms with E-state index in [9.17, 15) is 22.8 Å². The fourth-order valence-corrected chi connectivity index (χ4v) is 5.65. The van der Waals surface area contributed by atoms with Crippen molar-refractivity contribution in [2.24, 2.45) is 5.73 Å². The molecule has 0 atom stereocenters. The minimum atomic E-state index is -4.76. The van der Waals surface area contributed by atoms with Gasteiger partial charge in [-0.3, -0.25) is 14.3 Å². The zero-order chi connectivity index (χ0) is 30.9. The molecule has 1 aromatic carbocycles. The first-order valence-electron chi connectivity index (χ1n) is 13.5. The highest BCUT2D eigenvalue weighted by Crippen LogP contribution is 2.44. The summed E-state index contributed by atoms with van der Waals surface area (Å²) in [5.74, 6) is -0.754. The second kappa shape index (κ2) is 11.9. The Kier molecular flexibility index (Phi) is 8.27. The largest absolute Gasteiger partial charge is 0.486 e. The standard InChI is InChI=1S/C30H28F3N5O4S/c1-4-6-17-7-9-18(10-8-17)41-15-19-11-12-22(42-19)28(40)36-25-24-20(21-14-38(5-2)37-16(21)3)13-23(30(31,32)33)35-29(24)43-26(25)27(34)39/h7-14H,4-6,15H2,1-3H3,(H2,34,39)(H,36,40). The Morgan fingerprint density at radius 2 is 1.86 bits per heavy atom. The summed E-state index contributed by atoms with van der Waals surface area (Å²) in [4.78, 5) is 29.2. The number of nitrogens with zero attached hydrogens (tertiary/aromatic N) is 3. The smallest absolute Gasteiger partial charge is 0.433 e. The maximum Gasteiger partial charge on any atom is 0.433 e. The molecule has 2 amide bonds. The number of halogens is 3. The maximum atomic E-state index is 13.8. The van der Waals surface area contributed by atoms with Crippen LogP contribution in [0, 0.1) is 6.92 Å². The Morgan fingerprint density at radius 1 is 1.12 bits per heavy atom. The second-order valence-electron chi connectivity index (χ2n) is 9.79. The van der Waals surface area contributed by atoms with Gasteiger partial charge in [0.2, 0.25) is 0 Å². The van der Waals surface area contributed by atoms with Crippen molar-refractivity contribution in [2.75, 3.05) is 5.32 Å². The minimum absolute atomic E-state index is 0.0567. The van der Waals surface area contributed by atoms with Gasteiger partial charge in [0.15, 0.2) is 5.76 Å². The molecule has 0 radical (unpaired) electrons. The number of primary amides is 1. The van der Waals surface area contributed by atoms with Gasteiger partial charge in [-0.1, -0.05) is 25.5 Å². The van der Waals surface area contributed by atoms with Crippen molar-refractivity contribution < 1.29 is 31.9 Å². The van der Waals surface area contributed by atoms with Crippen LogP contribution in [-0.4, -0.2) is 26.6 Å². The molecule has 43 heavy (non-hydrogen) atoms. The lowest BCUT2D eigenvalue weighted by Crippen LogP contribution is -2.16. The number of rotatable bonds is 10. The maximum absolute atomic E-state index is 13.8. The predicted molar refractivity (Wildman–Crippen MR) is 156 cm³/mol. The van der Waals surface area contributed by atoms with Crippen molar-refractivity contribution in [3.05, 3.63) is 82.0 Å². The van der Waals surface area contributed by atoms with E-state index in [1.165, 1.54) is 11.6 Å². The molecule has 13 heteroatoms. The molecule has 0 bridgehead atoms. The van der Waals surface area contributed by atoms with E-state index in [0.717, 1.165) is 18.9 Å². The van der Waals surface area contributed by atoms with E-state index >= 15 is 0 Å². The van der Waals surface area contributed by atoms with Crippen LogP contribution in [0.25, 0.3) is 21.3 Å². The van der Waals surface area contributed by atoms with Crippen LogP contribution in [0.3, 0.4) is 0 Å². The lowest BCUT2D eigenvalue weighted by molar-refractivity contribution is -0.140. The van der Waals surface area contributed by atoms with Gasteiger partial charge >= 0.3 is 6.18 Å². The molecule has 4 heterocycles. The minimum Gasteiger partial charge on any atom is -0.486 e. The van der Waals surface area contributed by atoms with E-state index < -0.39 is 23.7 Å². The number of furan rings is 1. The fraction of sp³-hybridized carbons (Fsp3) is 0.267. The molecular weight excluding hydrogens is 583 g/mol. The highest BCUT2D eigenvalue weighted by Gasteiger charge is 2.35. The van der Waals surface area contributed by atoms with Crippen molar-refractivity contribution in [2.45, 2.75) is 52.9 Å². The van der Waals surface area contributed by atoms with Crippen LogP contribution in [0.5, 0.6) is 5.75 Å². The number of hydrogen-bond acceptors (Lipinski definition) is 7. The number of nitrogens with one attached hydrogen (secondary N) is 1. The van der Waals surface area contributed by atoms with Crippen LogP contribution >= 0.6 is 11.3 Å². The molecule has 4 aromatic heterocycles. The summed E-state index contributed by atoms with van der Waals surface area (Å²) in [6.45, 7) is 6.14. The van der Waals surface area contributed by atoms with Gasteiger partial charge in [-0.2, -0.15) is 18.3 Å². The highest BCUT2D eigenvalue weighted by molar-refractivity contribution is 7.21. The quantitative estimate of drug-likeness (QED) is 0.176. The molecular formula is C30H28F3N5O4S. The number of nitrogens with two attached hydrogens (primary N) is 1. The number of ether oxygens (including phenoxy) is 1. The lowest BCUT2D eigenvalue weighted by Gasteiger charge is -2.11. The predicted octanol–water partition coefficient (Wildman–Crippen LogP) is 6.98. The van der Waals surface area contributed by atoms with Crippen molar-refractivity contribution in [1.82, 2.24) is 14.8 Å². The molecule has 9 nitrogen and oxygen atoms in total. The van der Waals surface area contributed by atoms with Crippen LogP contribution < -0.4 is 15.8 Å². The van der Waals surface area contributed by atoms with E-state index in [-0.39, 0.29) is 38.7 Å². The lowest BCUT2D eigenvalue weighted by atomic mass is 10.0. The third kappa shape index (κ3) is 6.26. The molecule has 0 unspecified atom stereocenters. The van der Waals surface area contributed by atoms with Crippen LogP contribution in [0.15, 0.2) is 53.1 Å². The van der Waals surface area contributed by atoms with E-state index in [0.29, 0.717) is 40.6 Å². The van der Waals surface area contributed by atoms with Crippen LogP contribution in [-0.2, 0) is 25.7 Å². The van der Waals surface area contributed by atoms with E-state index in [4.69, 9.17) is 14.9 Å². The summed E-state index contributed by atoms with van der Waals surface area (Å²) < 4.78 is 54.5. The molecule has 0 aliphatic rings. The third-order valence-electron chi connectivity index (χ3n) is 6.70. The molecule has 0 aliphatic heterocycles. The average molecular weight is 612 g/mol. The topological polar surface area (TPSA) is 125 Å². The number of hydrogen-bond donors (Lipinski definition) is 2. The number of aromatic nitrogens is 3. The molecule has 0 spiro atoms. The van der Waals surface area contributed by atoms with E-state index in [1.807, 2.05) is 31.2 Å². The molecule has 5 rings (SSSR count). The number of anilines is 1. The van der Waals surface area contributed by atoms with Gasteiger partial charge in [0.25, 0.3) is 11.8 Å². The first-order valence-corrected chi connectivity index (χ1v) is 14.3. The second-order valence-corrected chi connectivity index (χ2v) is 10.8. The third-order valence-corrected chi connectivity index (χ3v) is 7.80. The molecule has 3 N–H and O–H groups in total. The van der Waals surface area contributed by atoms with Gasteiger partial charge < -0.3 is 20.2 Å². The fourth-order valence-electron chi connectivity index (χ4n) is 4.64. The van der Waals surface area contributed by atoms with Gasteiger partial charge in [-0.05, 0) is 61.7 Å². The van der Waals surface area contributed by atoms with Crippen LogP contribution in [0.1, 0.15) is 63.2 Å². The average Bonchev–Trinajstić information content (AvgIpc) is 3.69. The zero-order valence-electron chi connectivity index (χ0n) is 23.5. The Hall–Kier alpha value is -4.65. The number of pyridine rings is 1. The van der Waals surface area contributed by atoms with Gasteiger partial charge in [0, 0.05) is 23.7 Å². The van der Waals surface area contributed by atoms with Crippen molar-refractivity contribution in [3.8, 4) is 16.9 Å². The summed E-state index contributed by atoms with van der Waals surface area (Å²) in [7, 11) is 0. The molecule has 0 aliphatic carbocycles. The summed E-state index contributed by atoms with van der Waals surface area (Å²) in [6.07, 6.45) is -1.15. The number of carbonyl (C=O) groups excluding carboxylic acids is 2. The molecule has 224 valence electrons. The number of benzene rings is 1. The molecule has 0 saturated carbocycles. The van der Waals surface area contributed by atoms with Crippen molar-refractivity contribution in [1.29, 1.82) is 0 Å². The SMILES string of the molecule is CCCc1ccc(OCc2ccc(C(=O)Nc3c(C(N)=O)sc4nc(C(F)(F)F)cc(-c5cn(CC)nc5C)c34)o2)cc1. The zero-order valence-corrected chi connectivity index (χ0v) is 24.4. The normalized spacial score (nSPS) is 11.7. The molecule has 0 fully saturated rings. The van der Waals surface area contributed by atoms with E-state index in [2.05, 4.69) is 22.3 Å². The van der Waals surface area contributed by atoms with Gasteiger partial charge in [0.05, 0.1) is 11.4 Å². The summed E-state index contributed by atoms with van der Waals surface area (Å²) in [5.41, 5.74) is 6.55. The van der Waals surface area contributed by atoms with Gasteiger partial charge in [-0.15, -0.1) is 11.3 Å². The van der Waals surface area contributed by atoms with Gasteiger partial charge in [0.1, 0.15) is 33.5 Å². The van der Waals surface area contributed by atoms with Crippen LogP contribution in [0.4, 0.5) is 18.9 Å². The number of aryl methyl sites for hydroxylation is 3. The van der Waals surface area contributed by atoms with Crippen molar-refractivity contribution in [3.63, 3.8) is 0 Å². The van der Waals surface area contributed by atoms with Gasteiger partial charge in [-0.25, -0.2) is 4.98 Å². The number of fused-ring (bicyclic) bond motifs is 1. The van der Waals surface area contributed by atoms with Crippen LogP contribution in [0.2, 0.25) is 0 Å².